The Balaban J connectivity index is 0.915. The van der Waals surface area contributed by atoms with Crippen LogP contribution < -0.4 is 0 Å². The van der Waals surface area contributed by atoms with E-state index in [2.05, 4.69) is 48.5 Å². The molecule has 0 aliphatic carbocycles. The van der Waals surface area contributed by atoms with Crippen LogP contribution in [0.15, 0.2) is 109 Å². The van der Waals surface area contributed by atoms with E-state index in [1.807, 2.05) is 74.5 Å². The van der Waals surface area contributed by atoms with Gasteiger partial charge in [-0.15, -0.1) is 0 Å². The molecule has 0 aliphatic heterocycles. The lowest BCUT2D eigenvalue weighted by molar-refractivity contribution is 0.102. The highest BCUT2D eigenvalue weighted by Gasteiger charge is 2.09. The maximum atomic E-state index is 6.06. The van der Waals surface area contributed by atoms with Crippen molar-refractivity contribution in [3.8, 4) is 11.4 Å². The van der Waals surface area contributed by atoms with Gasteiger partial charge in [0, 0.05) is 32.9 Å². The predicted octanol–water partition coefficient (Wildman–Crippen LogP) is 8.39. The molecule has 8 nitrogen and oxygen atoms in total. The van der Waals surface area contributed by atoms with Crippen LogP contribution in [0.5, 0.6) is 0 Å². The van der Waals surface area contributed by atoms with Crippen LogP contribution in [0.1, 0.15) is 34.2 Å². The van der Waals surface area contributed by atoms with Crippen LogP contribution in [0.3, 0.4) is 0 Å². The van der Waals surface area contributed by atoms with Crippen molar-refractivity contribution < 1.29 is 9.47 Å². The molecule has 0 amide bonds. The third-order valence-corrected chi connectivity index (χ3v) is 8.31. The van der Waals surface area contributed by atoms with Gasteiger partial charge in [0.2, 0.25) is 0 Å². The summed E-state index contributed by atoms with van der Waals surface area (Å²) in [6, 6.07) is 36.5. The van der Waals surface area contributed by atoms with Crippen molar-refractivity contribution >= 4 is 43.6 Å². The van der Waals surface area contributed by atoms with E-state index in [0.29, 0.717) is 26.4 Å². The number of fused-ring (bicyclic) bond motifs is 6. The number of aromatic nitrogens is 6. The monoisotopic (exact) mass is 628 g/mol. The van der Waals surface area contributed by atoms with Crippen LogP contribution in [-0.2, 0) is 35.9 Å². The minimum absolute atomic E-state index is 0.354. The van der Waals surface area contributed by atoms with Crippen LogP contribution >= 0.6 is 0 Å². The third-order valence-electron chi connectivity index (χ3n) is 8.31. The Labute approximate surface area is 277 Å². The van der Waals surface area contributed by atoms with Gasteiger partial charge in [0.25, 0.3) is 0 Å². The zero-order chi connectivity index (χ0) is 32.5. The Bertz CT molecular complexity index is 2290. The highest BCUT2D eigenvalue weighted by atomic mass is 16.5. The van der Waals surface area contributed by atoms with Gasteiger partial charge in [-0.05, 0) is 62.4 Å². The molecular formula is C40H32N6O2. The number of rotatable bonds is 9. The average Bonchev–Trinajstić information content (AvgIpc) is 3.12. The van der Waals surface area contributed by atoms with E-state index in [0.717, 1.165) is 89.2 Å². The van der Waals surface area contributed by atoms with Gasteiger partial charge in [0.05, 0.1) is 82.7 Å². The first-order chi connectivity index (χ1) is 23.6. The second kappa shape index (κ2) is 12.8. The van der Waals surface area contributed by atoms with Crippen LogP contribution in [0.2, 0.25) is 0 Å². The average molecular weight is 629 g/mol. The SMILES string of the molecule is Cc1ccc2ccc3ccc(COCc4cccc(-c5cccc(COCc6ccc7ccc8ccc(C)nc8c7n6)n5)n4)nc3c2n1. The number of nitrogens with zero attached hydrogens (tertiary/aromatic N) is 6. The van der Waals surface area contributed by atoms with E-state index in [4.69, 9.17) is 39.4 Å². The molecule has 48 heavy (non-hydrogen) atoms. The van der Waals surface area contributed by atoms with Gasteiger partial charge in [-0.25, -0.2) is 19.9 Å². The van der Waals surface area contributed by atoms with Crippen molar-refractivity contribution in [1.82, 2.24) is 29.9 Å². The maximum absolute atomic E-state index is 6.06. The van der Waals surface area contributed by atoms with Crippen molar-refractivity contribution in [3.05, 3.63) is 143 Å². The first kappa shape index (κ1) is 29.7. The summed E-state index contributed by atoms with van der Waals surface area (Å²) in [6.45, 7) is 5.44. The number of aryl methyl sites for hydroxylation is 2. The van der Waals surface area contributed by atoms with Crippen LogP contribution in [0.4, 0.5) is 0 Å². The summed E-state index contributed by atoms with van der Waals surface area (Å²) < 4.78 is 12.1. The van der Waals surface area contributed by atoms with E-state index in [1.165, 1.54) is 0 Å². The van der Waals surface area contributed by atoms with Gasteiger partial charge in [0.1, 0.15) is 0 Å². The zero-order valence-electron chi connectivity index (χ0n) is 26.7. The van der Waals surface area contributed by atoms with Crippen LogP contribution in [0.25, 0.3) is 55.0 Å². The number of hydrogen-bond acceptors (Lipinski definition) is 8. The summed E-state index contributed by atoms with van der Waals surface area (Å²) in [5.74, 6) is 0. The van der Waals surface area contributed by atoms with Crippen molar-refractivity contribution in [2.24, 2.45) is 0 Å². The second-order valence-electron chi connectivity index (χ2n) is 11.9. The first-order valence-electron chi connectivity index (χ1n) is 16.0. The summed E-state index contributed by atoms with van der Waals surface area (Å²) in [7, 11) is 0. The van der Waals surface area contributed by atoms with E-state index in [1.54, 1.807) is 0 Å². The molecule has 8 rings (SSSR count). The highest BCUT2D eigenvalue weighted by Crippen LogP contribution is 2.25. The molecule has 0 spiro atoms. The minimum atomic E-state index is 0.354. The molecule has 0 fully saturated rings. The lowest BCUT2D eigenvalue weighted by atomic mass is 10.1. The van der Waals surface area contributed by atoms with E-state index in [9.17, 15) is 0 Å². The van der Waals surface area contributed by atoms with Gasteiger partial charge in [0.15, 0.2) is 0 Å². The van der Waals surface area contributed by atoms with Crippen molar-refractivity contribution in [2.75, 3.05) is 0 Å². The number of benzene rings is 2. The number of ether oxygens (including phenoxy) is 2. The Morgan fingerprint density at radius 2 is 0.688 bits per heavy atom. The maximum Gasteiger partial charge on any atom is 0.0969 e. The van der Waals surface area contributed by atoms with Crippen molar-refractivity contribution in [3.63, 3.8) is 0 Å². The molecule has 2 aromatic carbocycles. The molecule has 6 aromatic heterocycles. The van der Waals surface area contributed by atoms with Crippen molar-refractivity contribution in [2.45, 2.75) is 40.3 Å². The summed E-state index contributed by atoms with van der Waals surface area (Å²) in [4.78, 5) is 28.9. The van der Waals surface area contributed by atoms with Gasteiger partial charge >= 0.3 is 0 Å². The summed E-state index contributed by atoms with van der Waals surface area (Å²) >= 11 is 0. The molecule has 0 saturated carbocycles. The lowest BCUT2D eigenvalue weighted by Crippen LogP contribution is -2.02. The van der Waals surface area contributed by atoms with E-state index in [-0.39, 0.29) is 0 Å². The van der Waals surface area contributed by atoms with E-state index >= 15 is 0 Å². The largest absolute Gasteiger partial charge is 0.369 e. The molecule has 0 aliphatic rings. The normalized spacial score (nSPS) is 11.6. The van der Waals surface area contributed by atoms with Gasteiger partial charge in [-0.1, -0.05) is 60.7 Å². The predicted molar refractivity (Wildman–Crippen MR) is 188 cm³/mol. The van der Waals surface area contributed by atoms with Crippen LogP contribution in [-0.4, -0.2) is 29.9 Å². The molecule has 6 heterocycles. The molecule has 234 valence electrons. The van der Waals surface area contributed by atoms with Gasteiger partial charge < -0.3 is 9.47 Å². The third kappa shape index (κ3) is 6.19. The molecular weight excluding hydrogens is 596 g/mol. The van der Waals surface area contributed by atoms with Crippen molar-refractivity contribution in [1.29, 1.82) is 0 Å². The molecule has 0 bridgehead atoms. The Morgan fingerprint density at radius 1 is 0.354 bits per heavy atom. The van der Waals surface area contributed by atoms with Crippen LogP contribution in [0, 0.1) is 13.8 Å². The summed E-state index contributed by atoms with van der Waals surface area (Å²) in [6.07, 6.45) is 0. The fourth-order valence-electron chi connectivity index (χ4n) is 5.90. The topological polar surface area (TPSA) is 95.8 Å². The fraction of sp³-hybridized carbons (Fsp3) is 0.150. The second-order valence-corrected chi connectivity index (χ2v) is 11.9. The molecule has 8 heteroatoms. The first-order valence-corrected chi connectivity index (χ1v) is 16.0. The molecule has 8 aromatic rings. The molecule has 0 unspecified atom stereocenters. The molecule has 0 saturated heterocycles. The molecule has 0 radical (unpaired) electrons. The lowest BCUT2D eigenvalue weighted by Gasteiger charge is -2.09. The quantitative estimate of drug-likeness (QED) is 0.147. The number of hydrogen-bond donors (Lipinski definition) is 0. The Hall–Kier alpha value is -5.70. The Morgan fingerprint density at radius 3 is 1.10 bits per heavy atom. The minimum Gasteiger partial charge on any atom is -0.369 e. The van der Waals surface area contributed by atoms with E-state index < -0.39 is 0 Å². The molecule has 0 N–H and O–H groups in total. The van der Waals surface area contributed by atoms with Gasteiger partial charge in [-0.2, -0.15) is 0 Å². The Kier molecular flexibility index (Phi) is 7.94. The standard InChI is InChI=1S/C40H32N6O2/c1-25-9-11-27-13-15-29-17-19-33(45-39(29)37(27)41-25)23-47-21-31-5-3-7-35(43-31)36-8-4-6-32(44-36)22-48-24-34-20-18-30-16-14-28-12-10-26(2)42-38(28)40(30)46-34/h3-20H,21-24H2,1-2H3. The van der Waals surface area contributed by atoms with Gasteiger partial charge in [-0.3, -0.25) is 9.97 Å². The fourth-order valence-corrected chi connectivity index (χ4v) is 5.90. The summed E-state index contributed by atoms with van der Waals surface area (Å²) in [5.41, 5.74) is 10.4. The smallest absolute Gasteiger partial charge is 0.0969 e. The highest BCUT2D eigenvalue weighted by molar-refractivity contribution is 6.03. The summed E-state index contributed by atoms with van der Waals surface area (Å²) in [5, 5.41) is 4.27. The zero-order valence-corrected chi connectivity index (χ0v) is 26.7. The molecule has 0 atom stereocenters. The number of pyridine rings is 6.